The van der Waals surface area contributed by atoms with Crippen LogP contribution < -0.4 is 10.6 Å². The Hall–Kier alpha value is -3.37. The van der Waals surface area contributed by atoms with Gasteiger partial charge in [0.15, 0.2) is 11.0 Å². The lowest BCUT2D eigenvalue weighted by Crippen LogP contribution is -2.29. The first-order valence-corrected chi connectivity index (χ1v) is 11.8. The van der Waals surface area contributed by atoms with Crippen molar-refractivity contribution in [2.45, 2.75) is 31.6 Å². The van der Waals surface area contributed by atoms with Gasteiger partial charge < -0.3 is 19.9 Å². The second-order valence-corrected chi connectivity index (χ2v) is 8.52. The van der Waals surface area contributed by atoms with Crippen LogP contribution in [0.5, 0.6) is 0 Å². The molecule has 1 heterocycles. The average molecular weight is 502 g/mol. The van der Waals surface area contributed by atoms with Crippen molar-refractivity contribution in [3.8, 4) is 0 Å². The summed E-state index contributed by atoms with van der Waals surface area (Å²) in [5.41, 5.74) is 1.21. The first-order valence-electron chi connectivity index (χ1n) is 10.4. The summed E-state index contributed by atoms with van der Waals surface area (Å²) >= 11 is 7.34. The molecule has 1 atom stereocenters. The molecule has 0 radical (unpaired) electrons. The molecule has 0 saturated heterocycles. The summed E-state index contributed by atoms with van der Waals surface area (Å²) in [6.07, 6.45) is 0. The fourth-order valence-corrected chi connectivity index (χ4v) is 4.21. The van der Waals surface area contributed by atoms with Crippen LogP contribution in [0.4, 0.5) is 5.69 Å². The third kappa shape index (κ3) is 6.15. The molecule has 0 saturated carbocycles. The summed E-state index contributed by atoms with van der Waals surface area (Å²) in [6, 6.07) is 12.9. The van der Waals surface area contributed by atoms with Gasteiger partial charge >= 0.3 is 5.97 Å². The standard InChI is InChI=1S/C23H24ClN5O4S/c1-4-29-20(14(2)25-21(31)17-10-5-6-11-18(17)24)27-28-23(29)34-13-19(30)26-16-9-7-8-15(12-16)22(32)33-3/h5-12,14H,4,13H2,1-3H3,(H,25,31)(H,26,30)/t14-/m0/s1. The number of hydrogen-bond donors (Lipinski definition) is 2. The molecule has 3 aromatic rings. The van der Waals surface area contributed by atoms with Gasteiger partial charge in [0.25, 0.3) is 5.91 Å². The molecule has 1 aromatic heterocycles. The predicted molar refractivity (Wildman–Crippen MR) is 130 cm³/mol. The molecule has 11 heteroatoms. The number of benzene rings is 2. The maximum atomic E-state index is 12.6. The van der Waals surface area contributed by atoms with Gasteiger partial charge in [-0.2, -0.15) is 0 Å². The monoisotopic (exact) mass is 501 g/mol. The molecule has 2 N–H and O–H groups in total. The molecule has 0 aliphatic rings. The Labute approximate surface area is 206 Å². The van der Waals surface area contributed by atoms with Crippen molar-refractivity contribution in [3.05, 3.63) is 70.5 Å². The van der Waals surface area contributed by atoms with Crippen LogP contribution in [0.1, 0.15) is 46.4 Å². The van der Waals surface area contributed by atoms with E-state index in [0.29, 0.717) is 39.4 Å². The number of nitrogens with zero attached hydrogens (tertiary/aromatic N) is 3. The summed E-state index contributed by atoms with van der Waals surface area (Å²) in [5, 5.41) is 15.0. The zero-order valence-corrected chi connectivity index (χ0v) is 20.4. The summed E-state index contributed by atoms with van der Waals surface area (Å²) in [6.45, 7) is 4.29. The average Bonchev–Trinajstić information content (AvgIpc) is 3.25. The first-order chi connectivity index (χ1) is 16.3. The second-order valence-electron chi connectivity index (χ2n) is 7.17. The van der Waals surface area contributed by atoms with Crippen LogP contribution in [0.3, 0.4) is 0 Å². The molecule has 2 amide bonds. The normalized spacial score (nSPS) is 11.5. The number of amides is 2. The highest BCUT2D eigenvalue weighted by Gasteiger charge is 2.21. The highest BCUT2D eigenvalue weighted by atomic mass is 35.5. The van der Waals surface area contributed by atoms with Crippen molar-refractivity contribution in [1.82, 2.24) is 20.1 Å². The van der Waals surface area contributed by atoms with Crippen LogP contribution in [-0.4, -0.2) is 45.4 Å². The molecule has 178 valence electrons. The molecule has 9 nitrogen and oxygen atoms in total. The van der Waals surface area contributed by atoms with Crippen LogP contribution in [0.25, 0.3) is 0 Å². The van der Waals surface area contributed by atoms with Crippen molar-refractivity contribution in [3.63, 3.8) is 0 Å². The maximum absolute atomic E-state index is 12.6. The number of carbonyl (C=O) groups excluding carboxylic acids is 3. The van der Waals surface area contributed by atoms with E-state index < -0.39 is 12.0 Å². The van der Waals surface area contributed by atoms with Crippen molar-refractivity contribution in [2.75, 3.05) is 18.2 Å². The lowest BCUT2D eigenvalue weighted by Gasteiger charge is -2.15. The molecule has 34 heavy (non-hydrogen) atoms. The van der Waals surface area contributed by atoms with Gasteiger partial charge in [-0.1, -0.05) is 41.6 Å². The van der Waals surface area contributed by atoms with Crippen molar-refractivity contribution in [2.24, 2.45) is 0 Å². The summed E-state index contributed by atoms with van der Waals surface area (Å²) < 4.78 is 6.54. The molecular weight excluding hydrogens is 478 g/mol. The summed E-state index contributed by atoms with van der Waals surface area (Å²) in [7, 11) is 1.30. The van der Waals surface area contributed by atoms with Gasteiger partial charge in [-0.15, -0.1) is 10.2 Å². The number of carbonyl (C=O) groups is 3. The molecule has 0 aliphatic heterocycles. The Morgan fingerprint density at radius 2 is 1.91 bits per heavy atom. The molecule has 0 bridgehead atoms. The van der Waals surface area contributed by atoms with Crippen molar-refractivity contribution in [1.29, 1.82) is 0 Å². The molecule has 0 aliphatic carbocycles. The van der Waals surface area contributed by atoms with Crippen LogP contribution >= 0.6 is 23.4 Å². The van der Waals surface area contributed by atoms with Crippen LogP contribution in [0, 0.1) is 0 Å². The number of anilines is 1. The highest BCUT2D eigenvalue weighted by Crippen LogP contribution is 2.22. The van der Waals surface area contributed by atoms with E-state index in [0.717, 1.165) is 0 Å². The fourth-order valence-electron chi connectivity index (χ4n) is 3.18. The number of hydrogen-bond acceptors (Lipinski definition) is 7. The zero-order valence-electron chi connectivity index (χ0n) is 18.9. The third-order valence-electron chi connectivity index (χ3n) is 4.81. The van der Waals surface area contributed by atoms with Gasteiger partial charge in [-0.3, -0.25) is 9.59 Å². The number of nitrogens with one attached hydrogen (secondary N) is 2. The van der Waals surface area contributed by atoms with Gasteiger partial charge in [-0.05, 0) is 44.2 Å². The predicted octanol–water partition coefficient (Wildman–Crippen LogP) is 3.96. The molecule has 0 fully saturated rings. The van der Waals surface area contributed by atoms with Crippen LogP contribution in [0.2, 0.25) is 5.02 Å². The number of aromatic nitrogens is 3. The van der Waals surface area contributed by atoms with Gasteiger partial charge in [0.1, 0.15) is 0 Å². The van der Waals surface area contributed by atoms with Gasteiger partial charge in [-0.25, -0.2) is 4.79 Å². The van der Waals surface area contributed by atoms with E-state index in [1.807, 2.05) is 11.5 Å². The first kappa shape index (κ1) is 25.3. The van der Waals surface area contributed by atoms with E-state index in [2.05, 4.69) is 20.8 Å². The van der Waals surface area contributed by atoms with E-state index >= 15 is 0 Å². The Bertz CT molecular complexity index is 1200. The minimum absolute atomic E-state index is 0.0843. The zero-order chi connectivity index (χ0) is 24.7. The lowest BCUT2D eigenvalue weighted by atomic mass is 10.2. The molecular formula is C23H24ClN5O4S. The summed E-state index contributed by atoms with van der Waals surface area (Å²) in [4.78, 5) is 36.7. The molecule has 0 spiro atoms. The van der Waals surface area contributed by atoms with E-state index in [9.17, 15) is 14.4 Å². The quantitative estimate of drug-likeness (QED) is 0.337. The van der Waals surface area contributed by atoms with Crippen molar-refractivity contribution >= 4 is 46.8 Å². The van der Waals surface area contributed by atoms with E-state index in [1.54, 1.807) is 55.5 Å². The number of esters is 1. The van der Waals surface area contributed by atoms with E-state index in [-0.39, 0.29) is 17.6 Å². The number of halogens is 1. The molecule has 0 unspecified atom stereocenters. The SMILES string of the molecule is CCn1c(SCC(=O)Nc2cccc(C(=O)OC)c2)nnc1[C@H](C)NC(=O)c1ccccc1Cl. The third-order valence-corrected chi connectivity index (χ3v) is 6.11. The fraction of sp³-hybridized carbons (Fsp3) is 0.261. The van der Waals surface area contributed by atoms with E-state index in [4.69, 9.17) is 16.3 Å². The summed E-state index contributed by atoms with van der Waals surface area (Å²) in [5.74, 6) is -0.409. The highest BCUT2D eigenvalue weighted by molar-refractivity contribution is 7.99. The number of ether oxygens (including phenoxy) is 1. The van der Waals surface area contributed by atoms with Crippen LogP contribution in [-0.2, 0) is 16.1 Å². The van der Waals surface area contributed by atoms with Crippen molar-refractivity contribution < 1.29 is 19.1 Å². The number of thioether (sulfide) groups is 1. The molecule has 3 rings (SSSR count). The lowest BCUT2D eigenvalue weighted by molar-refractivity contribution is -0.113. The van der Waals surface area contributed by atoms with E-state index in [1.165, 1.54) is 18.9 Å². The minimum atomic E-state index is -0.482. The Balaban J connectivity index is 1.63. The smallest absolute Gasteiger partial charge is 0.337 e. The number of rotatable bonds is 9. The number of methoxy groups -OCH3 is 1. The Morgan fingerprint density at radius 3 is 2.62 bits per heavy atom. The van der Waals surface area contributed by atoms with Gasteiger partial charge in [0, 0.05) is 12.2 Å². The maximum Gasteiger partial charge on any atom is 0.337 e. The van der Waals surface area contributed by atoms with Gasteiger partial charge in [0.05, 0.1) is 35.1 Å². The minimum Gasteiger partial charge on any atom is -0.465 e. The Morgan fingerprint density at radius 1 is 1.15 bits per heavy atom. The van der Waals surface area contributed by atoms with Gasteiger partial charge in [0.2, 0.25) is 5.91 Å². The Kier molecular flexibility index (Phi) is 8.67. The molecule has 2 aromatic carbocycles. The second kappa shape index (κ2) is 11.7. The topological polar surface area (TPSA) is 115 Å². The largest absolute Gasteiger partial charge is 0.465 e. The van der Waals surface area contributed by atoms with Crippen LogP contribution in [0.15, 0.2) is 53.7 Å².